The van der Waals surface area contributed by atoms with Gasteiger partial charge in [0.2, 0.25) is 5.95 Å². The van der Waals surface area contributed by atoms with E-state index in [0.717, 1.165) is 22.3 Å². The molecule has 0 radical (unpaired) electrons. The quantitative estimate of drug-likeness (QED) is 0.596. The van der Waals surface area contributed by atoms with Gasteiger partial charge in [0.1, 0.15) is 5.82 Å². The molecule has 0 aliphatic carbocycles. The van der Waals surface area contributed by atoms with Crippen molar-refractivity contribution in [3.05, 3.63) is 60.0 Å². The van der Waals surface area contributed by atoms with Crippen LogP contribution in [0.25, 0.3) is 28.0 Å². The number of nitrogens with two attached hydrogens (primary N) is 1. The summed E-state index contributed by atoms with van der Waals surface area (Å²) in [4.78, 5) is 4.14. The number of benzene rings is 2. The molecule has 4 aromatic rings. The van der Waals surface area contributed by atoms with E-state index in [1.54, 1.807) is 12.1 Å². The van der Waals surface area contributed by atoms with Gasteiger partial charge in [0.25, 0.3) is 0 Å². The molecule has 0 atom stereocenters. The first-order chi connectivity index (χ1) is 11.1. The minimum absolute atomic E-state index is 0.220. The largest absolute Gasteiger partial charge is 0.368 e. The molecule has 0 spiro atoms. The number of nitrogens with zero attached hydrogens (tertiary/aromatic N) is 3. The number of nitrogens with one attached hydrogen (secondary N) is 1. The predicted octanol–water partition coefficient (Wildman–Crippen LogP) is 3.45. The summed E-state index contributed by atoms with van der Waals surface area (Å²) in [5.41, 5.74) is 9.21. The molecule has 2 heterocycles. The van der Waals surface area contributed by atoms with Crippen molar-refractivity contribution in [3.8, 4) is 17.1 Å². The number of hydrogen-bond acceptors (Lipinski definition) is 3. The number of H-pyrrole nitrogens is 1. The number of aromatic nitrogens is 4. The highest BCUT2D eigenvalue weighted by molar-refractivity contribution is 5.85. The van der Waals surface area contributed by atoms with Crippen LogP contribution in [0.2, 0.25) is 0 Å². The van der Waals surface area contributed by atoms with Crippen molar-refractivity contribution >= 4 is 16.9 Å². The Morgan fingerprint density at radius 3 is 2.83 bits per heavy atom. The average Bonchev–Trinajstić information content (AvgIpc) is 3.18. The summed E-state index contributed by atoms with van der Waals surface area (Å²) in [5, 5.41) is 7.31. The molecule has 5 nitrogen and oxygen atoms in total. The fraction of sp³-hybridized carbons (Fsp3) is 0.0588. The highest BCUT2D eigenvalue weighted by Crippen LogP contribution is 2.27. The molecule has 0 saturated carbocycles. The van der Waals surface area contributed by atoms with Crippen LogP contribution >= 0.6 is 0 Å². The molecule has 0 amide bonds. The molecule has 3 N–H and O–H groups in total. The summed E-state index contributed by atoms with van der Waals surface area (Å²) in [5.74, 6) is 0.584. The van der Waals surface area contributed by atoms with E-state index in [4.69, 9.17) is 5.73 Å². The fourth-order valence-corrected chi connectivity index (χ4v) is 2.81. The third kappa shape index (κ3) is 2.15. The molecule has 2 aromatic heterocycles. The lowest BCUT2D eigenvalue weighted by Gasteiger charge is -2.09. The molecule has 0 aliphatic rings. The van der Waals surface area contributed by atoms with Gasteiger partial charge in [-0.25, -0.2) is 9.49 Å². The summed E-state index contributed by atoms with van der Waals surface area (Å²) in [6, 6.07) is 12.8. The van der Waals surface area contributed by atoms with Gasteiger partial charge in [-0.1, -0.05) is 18.2 Å². The van der Waals surface area contributed by atoms with Gasteiger partial charge in [-0.15, -0.1) is 0 Å². The summed E-state index contributed by atoms with van der Waals surface area (Å²) >= 11 is 0. The highest BCUT2D eigenvalue weighted by atomic mass is 19.1. The lowest BCUT2D eigenvalue weighted by Crippen LogP contribution is -1.95. The van der Waals surface area contributed by atoms with Gasteiger partial charge in [0.15, 0.2) is 5.82 Å². The summed E-state index contributed by atoms with van der Waals surface area (Å²) in [6.07, 6.45) is 1.87. The topological polar surface area (TPSA) is 72.5 Å². The molecule has 0 unspecified atom stereocenters. The zero-order chi connectivity index (χ0) is 16.0. The van der Waals surface area contributed by atoms with Gasteiger partial charge in [0.05, 0.1) is 5.52 Å². The Labute approximate surface area is 131 Å². The SMILES string of the molecule is Cc1ccc(F)c2ccn(-c3cccc(-c4n[nH]c(N)n4)c3)c12. The zero-order valence-corrected chi connectivity index (χ0v) is 12.4. The average molecular weight is 307 g/mol. The maximum atomic E-state index is 14.0. The first kappa shape index (κ1) is 13.5. The van der Waals surface area contributed by atoms with Crippen molar-refractivity contribution in [2.75, 3.05) is 5.73 Å². The number of aryl methyl sites for hydroxylation is 1. The van der Waals surface area contributed by atoms with Crippen LogP contribution in [0.4, 0.5) is 10.3 Å². The maximum absolute atomic E-state index is 14.0. The number of halogens is 1. The molecule has 23 heavy (non-hydrogen) atoms. The van der Waals surface area contributed by atoms with Crippen LogP contribution in [0, 0.1) is 12.7 Å². The summed E-state index contributed by atoms with van der Waals surface area (Å²) in [7, 11) is 0. The minimum atomic E-state index is -0.220. The van der Waals surface area contributed by atoms with E-state index in [1.807, 2.05) is 42.0 Å². The van der Waals surface area contributed by atoms with E-state index in [0.29, 0.717) is 11.2 Å². The molecular weight excluding hydrogens is 293 g/mol. The number of nitrogen functional groups attached to an aromatic ring is 1. The number of hydrogen-bond donors (Lipinski definition) is 2. The van der Waals surface area contributed by atoms with Crippen molar-refractivity contribution in [1.29, 1.82) is 0 Å². The highest BCUT2D eigenvalue weighted by Gasteiger charge is 2.11. The van der Waals surface area contributed by atoms with E-state index in [9.17, 15) is 4.39 Å². The Hall–Kier alpha value is -3.15. The number of anilines is 1. The van der Waals surface area contributed by atoms with Crippen molar-refractivity contribution in [3.63, 3.8) is 0 Å². The Morgan fingerprint density at radius 1 is 1.17 bits per heavy atom. The third-order valence-corrected chi connectivity index (χ3v) is 3.88. The van der Waals surface area contributed by atoms with E-state index in [2.05, 4.69) is 15.2 Å². The summed E-state index contributed by atoms with van der Waals surface area (Å²) in [6.45, 7) is 1.97. The fourth-order valence-electron chi connectivity index (χ4n) is 2.81. The molecule has 0 aliphatic heterocycles. The van der Waals surface area contributed by atoms with Crippen molar-refractivity contribution in [2.45, 2.75) is 6.92 Å². The second-order valence-electron chi connectivity index (χ2n) is 5.41. The van der Waals surface area contributed by atoms with Gasteiger partial charge in [-0.2, -0.15) is 10.1 Å². The van der Waals surface area contributed by atoms with E-state index < -0.39 is 0 Å². The van der Waals surface area contributed by atoms with Crippen molar-refractivity contribution in [2.24, 2.45) is 0 Å². The van der Waals surface area contributed by atoms with Crippen molar-refractivity contribution < 1.29 is 4.39 Å². The molecule has 0 fully saturated rings. The minimum Gasteiger partial charge on any atom is -0.368 e. The Balaban J connectivity index is 1.90. The number of rotatable bonds is 2. The second kappa shape index (κ2) is 4.95. The Bertz CT molecular complexity index is 1010. The Morgan fingerprint density at radius 2 is 2.04 bits per heavy atom. The first-order valence-corrected chi connectivity index (χ1v) is 7.18. The summed E-state index contributed by atoms with van der Waals surface area (Å²) < 4.78 is 16.0. The molecule has 0 bridgehead atoms. The zero-order valence-electron chi connectivity index (χ0n) is 12.4. The van der Waals surface area contributed by atoms with E-state index in [1.165, 1.54) is 6.07 Å². The monoisotopic (exact) mass is 307 g/mol. The number of fused-ring (bicyclic) bond motifs is 1. The van der Waals surface area contributed by atoms with Crippen LogP contribution in [0.1, 0.15) is 5.56 Å². The molecule has 0 saturated heterocycles. The molecule has 6 heteroatoms. The van der Waals surface area contributed by atoms with E-state index >= 15 is 0 Å². The molecule has 114 valence electrons. The standard InChI is InChI=1S/C17H14FN5/c1-10-5-6-14(18)13-7-8-23(15(10)13)12-4-2-3-11(9-12)16-20-17(19)22-21-16/h2-9H,1H3,(H3,19,20,21,22). The van der Waals surface area contributed by atoms with Crippen molar-refractivity contribution in [1.82, 2.24) is 19.7 Å². The molecule has 2 aromatic carbocycles. The van der Waals surface area contributed by atoms with Gasteiger partial charge < -0.3 is 10.3 Å². The lowest BCUT2D eigenvalue weighted by molar-refractivity contribution is 0.639. The van der Waals surface area contributed by atoms with Gasteiger partial charge in [-0.05, 0) is 36.8 Å². The molecular formula is C17H14FN5. The van der Waals surface area contributed by atoms with Crippen LogP contribution in [0.15, 0.2) is 48.7 Å². The first-order valence-electron chi connectivity index (χ1n) is 7.18. The smallest absolute Gasteiger partial charge is 0.216 e. The predicted molar refractivity (Wildman–Crippen MR) is 87.8 cm³/mol. The van der Waals surface area contributed by atoms with Crippen LogP contribution < -0.4 is 5.73 Å². The third-order valence-electron chi connectivity index (χ3n) is 3.88. The van der Waals surface area contributed by atoms with Crippen LogP contribution in [0.3, 0.4) is 0 Å². The van der Waals surface area contributed by atoms with Gasteiger partial charge >= 0.3 is 0 Å². The maximum Gasteiger partial charge on any atom is 0.216 e. The van der Waals surface area contributed by atoms with Crippen LogP contribution in [-0.2, 0) is 0 Å². The number of aromatic amines is 1. The molecule has 4 rings (SSSR count). The van der Waals surface area contributed by atoms with Gasteiger partial charge in [0, 0.05) is 22.8 Å². The van der Waals surface area contributed by atoms with E-state index in [-0.39, 0.29) is 11.8 Å². The normalized spacial score (nSPS) is 11.2. The second-order valence-corrected chi connectivity index (χ2v) is 5.41. The lowest BCUT2D eigenvalue weighted by atomic mass is 10.1. The Kier molecular flexibility index (Phi) is 2.90. The van der Waals surface area contributed by atoms with Crippen LogP contribution in [0.5, 0.6) is 0 Å². The van der Waals surface area contributed by atoms with Gasteiger partial charge in [-0.3, -0.25) is 0 Å². The van der Waals surface area contributed by atoms with Crippen LogP contribution in [-0.4, -0.2) is 19.7 Å².